The van der Waals surface area contributed by atoms with Crippen molar-refractivity contribution in [3.63, 3.8) is 0 Å². The van der Waals surface area contributed by atoms with Crippen molar-refractivity contribution in [2.24, 2.45) is 5.73 Å². The van der Waals surface area contributed by atoms with Crippen LogP contribution in [0.5, 0.6) is 0 Å². The number of alkyl halides is 3. The van der Waals surface area contributed by atoms with Gasteiger partial charge < -0.3 is 10.5 Å². The molecule has 1 unspecified atom stereocenters. The van der Waals surface area contributed by atoms with E-state index in [0.717, 1.165) is 12.1 Å². The van der Waals surface area contributed by atoms with Gasteiger partial charge in [-0.2, -0.15) is 13.2 Å². The highest BCUT2D eigenvalue weighted by Gasteiger charge is 2.29. The monoisotopic (exact) mass is 275 g/mol. The molecule has 19 heavy (non-hydrogen) atoms. The normalized spacial score (nSPS) is 13.1. The molecule has 1 aromatic carbocycles. The Hall–Kier alpha value is -1.56. The summed E-state index contributed by atoms with van der Waals surface area (Å²) in [7, 11) is 1.30. The zero-order valence-electron chi connectivity index (χ0n) is 10.5. The maximum absolute atomic E-state index is 12.4. The van der Waals surface area contributed by atoms with Crippen LogP contribution in [0.2, 0.25) is 0 Å². The number of methoxy groups -OCH3 is 1. The number of halogens is 3. The molecule has 1 rings (SSSR count). The summed E-state index contributed by atoms with van der Waals surface area (Å²) in [5.74, 6) is -0.345. The van der Waals surface area contributed by atoms with Crippen LogP contribution in [0, 0.1) is 0 Å². The summed E-state index contributed by atoms with van der Waals surface area (Å²) in [5, 5.41) is 0. The molecule has 3 nitrogen and oxygen atoms in total. The van der Waals surface area contributed by atoms with Crippen LogP contribution in [0.3, 0.4) is 0 Å². The predicted molar refractivity (Wildman–Crippen MR) is 64.4 cm³/mol. The molecule has 0 fully saturated rings. The number of hydrogen-bond acceptors (Lipinski definition) is 3. The lowest BCUT2D eigenvalue weighted by molar-refractivity contribution is -0.141. The van der Waals surface area contributed by atoms with Crippen LogP contribution in [-0.4, -0.2) is 19.1 Å². The molecule has 1 atom stereocenters. The lowest BCUT2D eigenvalue weighted by Gasteiger charge is -2.12. The molecule has 0 radical (unpaired) electrons. The third-order valence-corrected chi connectivity index (χ3v) is 2.73. The van der Waals surface area contributed by atoms with Crippen molar-refractivity contribution in [3.8, 4) is 0 Å². The van der Waals surface area contributed by atoms with Gasteiger partial charge in [0.05, 0.1) is 12.7 Å². The number of hydrogen-bond donors (Lipinski definition) is 1. The average molecular weight is 275 g/mol. The maximum Gasteiger partial charge on any atom is 0.416 e. The highest BCUT2D eigenvalue weighted by molar-refractivity contribution is 5.69. The van der Waals surface area contributed by atoms with E-state index in [0.29, 0.717) is 18.4 Å². The molecule has 0 spiro atoms. The van der Waals surface area contributed by atoms with E-state index in [2.05, 4.69) is 4.74 Å². The van der Waals surface area contributed by atoms with Crippen molar-refractivity contribution in [1.82, 2.24) is 0 Å². The molecule has 0 aliphatic heterocycles. The minimum atomic E-state index is -4.33. The van der Waals surface area contributed by atoms with Crippen LogP contribution in [0.15, 0.2) is 24.3 Å². The third-order valence-electron chi connectivity index (χ3n) is 2.73. The second kappa shape index (κ2) is 6.56. The Balaban J connectivity index is 2.51. The predicted octanol–water partition coefficient (Wildman–Crippen LogP) is 2.53. The summed E-state index contributed by atoms with van der Waals surface area (Å²) in [4.78, 5) is 10.9. The molecule has 106 valence electrons. The van der Waals surface area contributed by atoms with Gasteiger partial charge in [-0.3, -0.25) is 4.79 Å². The zero-order valence-corrected chi connectivity index (χ0v) is 10.5. The topological polar surface area (TPSA) is 52.3 Å². The molecule has 0 bridgehead atoms. The number of carbonyl (C=O) groups is 1. The molecule has 2 N–H and O–H groups in total. The summed E-state index contributed by atoms with van der Waals surface area (Å²) in [6.45, 7) is 0. The van der Waals surface area contributed by atoms with Gasteiger partial charge in [0, 0.05) is 12.5 Å². The van der Waals surface area contributed by atoms with Crippen LogP contribution in [0.25, 0.3) is 0 Å². The molecule has 0 aliphatic rings. The average Bonchev–Trinajstić information content (AvgIpc) is 2.35. The smallest absolute Gasteiger partial charge is 0.416 e. The van der Waals surface area contributed by atoms with E-state index in [4.69, 9.17) is 5.73 Å². The van der Waals surface area contributed by atoms with Crippen molar-refractivity contribution in [2.45, 2.75) is 31.5 Å². The Kier molecular flexibility index (Phi) is 5.35. The van der Waals surface area contributed by atoms with E-state index in [1.807, 2.05) is 0 Å². The summed E-state index contributed by atoms with van der Waals surface area (Å²) >= 11 is 0. The van der Waals surface area contributed by atoms with Gasteiger partial charge in [0.15, 0.2) is 0 Å². The molecule has 1 aromatic rings. The molecule has 0 aromatic heterocycles. The number of esters is 1. The summed E-state index contributed by atoms with van der Waals surface area (Å²) in [6, 6.07) is 4.59. The minimum Gasteiger partial charge on any atom is -0.469 e. The largest absolute Gasteiger partial charge is 0.469 e. The Labute approximate surface area is 109 Å². The van der Waals surface area contributed by atoms with Gasteiger partial charge in [0.25, 0.3) is 0 Å². The number of rotatable bonds is 5. The lowest BCUT2D eigenvalue weighted by Crippen LogP contribution is -2.24. The van der Waals surface area contributed by atoms with Crippen molar-refractivity contribution < 1.29 is 22.7 Å². The Morgan fingerprint density at radius 1 is 1.32 bits per heavy atom. The Bertz CT molecular complexity index is 415. The van der Waals surface area contributed by atoms with E-state index >= 15 is 0 Å². The maximum atomic E-state index is 12.4. The first kappa shape index (κ1) is 15.5. The molecule has 0 heterocycles. The molecular weight excluding hydrogens is 259 g/mol. The molecule has 0 amide bonds. The second-order valence-electron chi connectivity index (χ2n) is 4.27. The highest BCUT2D eigenvalue weighted by atomic mass is 19.4. The van der Waals surface area contributed by atoms with Gasteiger partial charge in [-0.1, -0.05) is 12.1 Å². The fraction of sp³-hybridized carbons (Fsp3) is 0.462. The van der Waals surface area contributed by atoms with E-state index < -0.39 is 11.7 Å². The van der Waals surface area contributed by atoms with Crippen molar-refractivity contribution >= 4 is 5.97 Å². The van der Waals surface area contributed by atoms with E-state index in [9.17, 15) is 18.0 Å². The molecular formula is C13H16F3NO2. The van der Waals surface area contributed by atoms with Crippen LogP contribution in [0.1, 0.15) is 24.0 Å². The van der Waals surface area contributed by atoms with Crippen molar-refractivity contribution in [1.29, 1.82) is 0 Å². The SMILES string of the molecule is COC(=O)CCC(N)Cc1ccc(C(F)(F)F)cc1. The van der Waals surface area contributed by atoms with Gasteiger partial charge in [-0.15, -0.1) is 0 Å². The zero-order chi connectivity index (χ0) is 14.5. The highest BCUT2D eigenvalue weighted by Crippen LogP contribution is 2.29. The Morgan fingerprint density at radius 3 is 2.37 bits per heavy atom. The molecule has 0 aliphatic carbocycles. The summed E-state index contributed by atoms with van der Waals surface area (Å²) < 4.78 is 41.5. The first-order chi connectivity index (χ1) is 8.82. The van der Waals surface area contributed by atoms with Crippen molar-refractivity contribution in [3.05, 3.63) is 35.4 Å². The molecule has 0 saturated heterocycles. The minimum absolute atomic E-state index is 0.207. The molecule has 6 heteroatoms. The number of nitrogens with two attached hydrogens (primary N) is 1. The second-order valence-corrected chi connectivity index (χ2v) is 4.27. The fourth-order valence-corrected chi connectivity index (χ4v) is 1.64. The number of benzene rings is 1. The van der Waals surface area contributed by atoms with E-state index in [-0.39, 0.29) is 18.4 Å². The van der Waals surface area contributed by atoms with Gasteiger partial charge in [0.2, 0.25) is 0 Å². The first-order valence-corrected chi connectivity index (χ1v) is 5.81. The van der Waals surface area contributed by atoms with Gasteiger partial charge in [-0.25, -0.2) is 0 Å². The third kappa shape index (κ3) is 5.30. The summed E-state index contributed by atoms with van der Waals surface area (Å²) in [5.41, 5.74) is 5.83. The molecule has 0 saturated carbocycles. The van der Waals surface area contributed by atoms with Crippen molar-refractivity contribution in [2.75, 3.05) is 7.11 Å². The standard InChI is InChI=1S/C13H16F3NO2/c1-19-12(18)7-6-11(17)8-9-2-4-10(5-3-9)13(14,15)16/h2-5,11H,6-8,17H2,1H3. The van der Waals surface area contributed by atoms with Gasteiger partial charge >= 0.3 is 12.1 Å². The van der Waals surface area contributed by atoms with Crippen LogP contribution in [0.4, 0.5) is 13.2 Å². The number of ether oxygens (including phenoxy) is 1. The Morgan fingerprint density at radius 2 is 1.89 bits per heavy atom. The van der Waals surface area contributed by atoms with Crippen LogP contribution < -0.4 is 5.73 Å². The van der Waals surface area contributed by atoms with E-state index in [1.54, 1.807) is 0 Å². The fourth-order valence-electron chi connectivity index (χ4n) is 1.64. The lowest BCUT2D eigenvalue weighted by atomic mass is 10.0. The first-order valence-electron chi connectivity index (χ1n) is 5.81. The van der Waals surface area contributed by atoms with Gasteiger partial charge in [-0.05, 0) is 30.5 Å². The summed E-state index contributed by atoms with van der Waals surface area (Å²) in [6.07, 6.45) is -3.26. The van der Waals surface area contributed by atoms with Crippen LogP contribution >= 0.6 is 0 Å². The van der Waals surface area contributed by atoms with E-state index in [1.165, 1.54) is 19.2 Å². The number of carbonyl (C=O) groups excluding carboxylic acids is 1. The van der Waals surface area contributed by atoms with Crippen LogP contribution in [-0.2, 0) is 22.1 Å². The quantitative estimate of drug-likeness (QED) is 0.840. The van der Waals surface area contributed by atoms with Gasteiger partial charge in [0.1, 0.15) is 0 Å².